The number of aromatic nitrogens is 2. The molecule has 8 nitrogen and oxygen atoms in total. The monoisotopic (exact) mass is 536 g/mol. The van der Waals surface area contributed by atoms with Crippen molar-refractivity contribution in [2.24, 2.45) is 5.41 Å². The molecular formula is C29H36N4O4S. The predicted molar refractivity (Wildman–Crippen MR) is 149 cm³/mol. The SMILES string of the molecule is Cc1nc2sc(C(=O)N3CCC4(CCCCc5ccccc5O[C@H](C)C(=O)N(C)C4)CC3)c(C)c2c(=O)[nH]1. The Hall–Kier alpha value is -3.20. The van der Waals surface area contributed by atoms with E-state index in [-0.39, 0.29) is 22.8 Å². The molecule has 1 aromatic carbocycles. The second-order valence-electron chi connectivity index (χ2n) is 10.9. The number of carbonyl (C=O) groups excluding carboxylic acids is 2. The first-order valence-corrected chi connectivity index (χ1v) is 14.3. The molecule has 4 heterocycles. The number of rotatable bonds is 1. The number of hydrogen-bond acceptors (Lipinski definition) is 6. The summed E-state index contributed by atoms with van der Waals surface area (Å²) in [6.45, 7) is 7.32. The maximum absolute atomic E-state index is 13.6. The molecule has 5 rings (SSSR count). The highest BCUT2D eigenvalue weighted by Gasteiger charge is 2.39. The van der Waals surface area contributed by atoms with E-state index in [4.69, 9.17) is 4.74 Å². The molecule has 2 amide bonds. The highest BCUT2D eigenvalue weighted by atomic mass is 32.1. The van der Waals surface area contributed by atoms with E-state index in [9.17, 15) is 14.4 Å². The Balaban J connectivity index is 1.33. The lowest BCUT2D eigenvalue weighted by molar-refractivity contribution is -0.138. The van der Waals surface area contributed by atoms with E-state index in [0.29, 0.717) is 46.1 Å². The Labute approximate surface area is 227 Å². The molecule has 2 aromatic heterocycles. The van der Waals surface area contributed by atoms with Crippen LogP contribution in [0.15, 0.2) is 29.1 Å². The number of likely N-dealkylation sites (tertiary alicyclic amines) is 1. The van der Waals surface area contributed by atoms with E-state index in [0.717, 1.165) is 49.8 Å². The molecule has 0 radical (unpaired) electrons. The van der Waals surface area contributed by atoms with Crippen molar-refractivity contribution < 1.29 is 14.3 Å². The highest BCUT2D eigenvalue weighted by molar-refractivity contribution is 7.20. The second kappa shape index (κ2) is 10.5. The van der Waals surface area contributed by atoms with Crippen LogP contribution < -0.4 is 10.3 Å². The van der Waals surface area contributed by atoms with Gasteiger partial charge in [-0.25, -0.2) is 4.98 Å². The number of benzene rings is 1. The molecule has 38 heavy (non-hydrogen) atoms. The van der Waals surface area contributed by atoms with Crippen LogP contribution in [-0.4, -0.2) is 64.4 Å². The van der Waals surface area contributed by atoms with Crippen molar-refractivity contribution in [3.63, 3.8) is 0 Å². The molecule has 1 atom stereocenters. The quantitative estimate of drug-likeness (QED) is 0.495. The van der Waals surface area contributed by atoms with Crippen molar-refractivity contribution in [3.8, 4) is 5.75 Å². The molecule has 1 N–H and O–H groups in total. The number of fused-ring (bicyclic) bond motifs is 2. The average molecular weight is 537 g/mol. The molecule has 0 aliphatic carbocycles. The lowest BCUT2D eigenvalue weighted by Gasteiger charge is -2.44. The van der Waals surface area contributed by atoms with Crippen molar-refractivity contribution in [2.45, 2.75) is 65.4 Å². The largest absolute Gasteiger partial charge is 0.481 e. The maximum atomic E-state index is 13.6. The third-order valence-corrected chi connectivity index (χ3v) is 9.37. The van der Waals surface area contributed by atoms with Crippen LogP contribution in [0.3, 0.4) is 0 Å². The number of thiophene rings is 1. The Kier molecular flexibility index (Phi) is 7.31. The molecule has 0 saturated carbocycles. The van der Waals surface area contributed by atoms with Crippen LogP contribution in [-0.2, 0) is 11.2 Å². The van der Waals surface area contributed by atoms with E-state index < -0.39 is 6.10 Å². The topological polar surface area (TPSA) is 95.6 Å². The van der Waals surface area contributed by atoms with Crippen molar-refractivity contribution >= 4 is 33.4 Å². The number of aryl methyl sites for hydroxylation is 3. The number of nitrogens with zero attached hydrogens (tertiary/aromatic N) is 3. The van der Waals surface area contributed by atoms with Gasteiger partial charge in [-0.15, -0.1) is 11.3 Å². The Morgan fingerprint density at radius 3 is 2.63 bits per heavy atom. The molecule has 0 bridgehead atoms. The average Bonchev–Trinajstić information content (AvgIpc) is 3.22. The van der Waals surface area contributed by atoms with Crippen molar-refractivity contribution in [3.05, 3.63) is 56.4 Å². The maximum Gasteiger partial charge on any atom is 0.264 e. The van der Waals surface area contributed by atoms with Crippen molar-refractivity contribution in [1.29, 1.82) is 0 Å². The molecule has 2 aliphatic rings. The normalized spacial score (nSPS) is 20.5. The predicted octanol–water partition coefficient (Wildman–Crippen LogP) is 4.48. The summed E-state index contributed by atoms with van der Waals surface area (Å²) in [7, 11) is 1.87. The van der Waals surface area contributed by atoms with Gasteiger partial charge in [-0.2, -0.15) is 0 Å². The molecule has 1 spiro atoms. The molecule has 2 aliphatic heterocycles. The zero-order valence-corrected chi connectivity index (χ0v) is 23.5. The van der Waals surface area contributed by atoms with E-state index in [1.807, 2.05) is 48.9 Å². The second-order valence-corrected chi connectivity index (χ2v) is 11.9. The first-order chi connectivity index (χ1) is 18.2. The number of nitrogens with one attached hydrogen (secondary N) is 1. The Morgan fingerprint density at radius 2 is 1.87 bits per heavy atom. The molecule has 202 valence electrons. The number of para-hydroxylation sites is 1. The van der Waals surface area contributed by atoms with E-state index in [2.05, 4.69) is 16.0 Å². The van der Waals surface area contributed by atoms with Crippen LogP contribution in [0.4, 0.5) is 0 Å². The summed E-state index contributed by atoms with van der Waals surface area (Å²) in [6.07, 6.45) is 5.17. The zero-order valence-electron chi connectivity index (χ0n) is 22.6. The van der Waals surface area contributed by atoms with Crippen molar-refractivity contribution in [2.75, 3.05) is 26.7 Å². The number of H-pyrrole nitrogens is 1. The van der Waals surface area contributed by atoms with Gasteiger partial charge in [0.1, 0.15) is 16.4 Å². The minimum Gasteiger partial charge on any atom is -0.481 e. The number of ether oxygens (including phenoxy) is 1. The van der Waals surface area contributed by atoms with Gasteiger partial charge in [0.05, 0.1) is 10.3 Å². The van der Waals surface area contributed by atoms with Crippen molar-refractivity contribution in [1.82, 2.24) is 19.8 Å². The Morgan fingerprint density at radius 1 is 1.13 bits per heavy atom. The number of aromatic amines is 1. The molecular weight excluding hydrogens is 500 g/mol. The first kappa shape index (κ1) is 26.4. The van der Waals surface area contributed by atoms with Gasteiger partial charge in [-0.1, -0.05) is 24.6 Å². The van der Waals surface area contributed by atoms with Gasteiger partial charge in [0.25, 0.3) is 17.4 Å². The van der Waals surface area contributed by atoms with Gasteiger partial charge < -0.3 is 19.5 Å². The first-order valence-electron chi connectivity index (χ1n) is 13.5. The minimum atomic E-state index is -0.560. The third kappa shape index (κ3) is 5.08. The lowest BCUT2D eigenvalue weighted by Crippen LogP contribution is -2.50. The van der Waals surface area contributed by atoms with Crippen LogP contribution in [0.2, 0.25) is 0 Å². The third-order valence-electron chi connectivity index (χ3n) is 8.20. The fourth-order valence-corrected chi connectivity index (χ4v) is 7.24. The van der Waals surface area contributed by atoms with E-state index >= 15 is 0 Å². The molecule has 3 aromatic rings. The van der Waals surface area contributed by atoms with Gasteiger partial charge in [0.15, 0.2) is 6.10 Å². The summed E-state index contributed by atoms with van der Waals surface area (Å²) in [5.74, 6) is 1.29. The van der Waals surface area contributed by atoms with Gasteiger partial charge in [-0.05, 0) is 75.5 Å². The number of amides is 2. The molecule has 9 heteroatoms. The Bertz CT molecular complexity index is 1420. The number of hydrogen-bond donors (Lipinski definition) is 1. The summed E-state index contributed by atoms with van der Waals surface area (Å²) >= 11 is 1.30. The van der Waals surface area contributed by atoms with Crippen LogP contribution in [0, 0.1) is 19.3 Å². The van der Waals surface area contributed by atoms with Gasteiger partial charge in [-0.3, -0.25) is 14.4 Å². The molecule has 1 saturated heterocycles. The van der Waals surface area contributed by atoms with Crippen LogP contribution >= 0.6 is 11.3 Å². The standard InChI is InChI=1S/C29H36N4O4S/c1-18-23-25(34)30-20(3)31-26(23)38-24(18)28(36)33-15-13-29(14-16-33)12-8-7-10-21-9-5-6-11-22(21)37-19(2)27(35)32(4)17-29/h5-6,9,11,19H,7-8,10,12-17H2,1-4H3,(H,30,31,34)/t19-/m1/s1. The van der Waals surface area contributed by atoms with Gasteiger partial charge in [0.2, 0.25) is 0 Å². The van der Waals surface area contributed by atoms with Crippen LogP contribution in [0.5, 0.6) is 5.75 Å². The number of carbonyl (C=O) groups is 2. The van der Waals surface area contributed by atoms with Gasteiger partial charge >= 0.3 is 0 Å². The summed E-state index contributed by atoms with van der Waals surface area (Å²) in [6, 6.07) is 8.01. The summed E-state index contributed by atoms with van der Waals surface area (Å²) < 4.78 is 6.10. The fraction of sp³-hybridized carbons (Fsp3) is 0.517. The zero-order chi connectivity index (χ0) is 27.0. The molecule has 0 unspecified atom stereocenters. The van der Waals surface area contributed by atoms with E-state index in [1.54, 1.807) is 6.92 Å². The molecule has 1 fully saturated rings. The summed E-state index contributed by atoms with van der Waals surface area (Å²) in [5.41, 5.74) is 1.62. The minimum absolute atomic E-state index is 0.0211. The van der Waals surface area contributed by atoms with Gasteiger partial charge in [0, 0.05) is 26.7 Å². The van der Waals surface area contributed by atoms with E-state index in [1.165, 1.54) is 11.3 Å². The summed E-state index contributed by atoms with van der Waals surface area (Å²) in [4.78, 5) is 51.4. The highest BCUT2D eigenvalue weighted by Crippen LogP contribution is 2.39. The fourth-order valence-electron chi connectivity index (χ4n) is 6.04. The smallest absolute Gasteiger partial charge is 0.264 e. The van der Waals surface area contributed by atoms with Crippen LogP contribution in [0.1, 0.15) is 65.7 Å². The van der Waals surface area contributed by atoms with Crippen LogP contribution in [0.25, 0.3) is 10.2 Å². The summed E-state index contributed by atoms with van der Waals surface area (Å²) in [5, 5.41) is 0.509. The number of piperidine rings is 1. The lowest BCUT2D eigenvalue weighted by atomic mass is 9.73. The number of likely N-dealkylation sites (N-methyl/N-ethyl adjacent to an activating group) is 1.